The maximum Gasteiger partial charge on any atom is 0.306 e. The Balaban J connectivity index is 2.13. The molecule has 0 spiro atoms. The first-order valence-corrected chi connectivity index (χ1v) is 8.47. The third kappa shape index (κ3) is 4.29. The molecule has 2 rings (SSSR count). The number of benzene rings is 1. The number of carboxylic acids is 1. The van der Waals surface area contributed by atoms with Crippen LogP contribution in [0.15, 0.2) is 22.7 Å². The zero-order valence-corrected chi connectivity index (χ0v) is 13.9. The van der Waals surface area contributed by atoms with Crippen molar-refractivity contribution in [3.05, 3.63) is 34.1 Å². The van der Waals surface area contributed by atoms with Gasteiger partial charge in [0.25, 0.3) is 0 Å². The van der Waals surface area contributed by atoms with E-state index in [1.807, 2.05) is 6.07 Å². The number of rotatable bonds is 5. The van der Waals surface area contributed by atoms with Crippen LogP contribution >= 0.6 is 15.9 Å². The molecule has 1 aliphatic carbocycles. The summed E-state index contributed by atoms with van der Waals surface area (Å²) in [4.78, 5) is 11.5. The minimum Gasteiger partial charge on any atom is -0.481 e. The summed E-state index contributed by atoms with van der Waals surface area (Å²) in [5.74, 6) is -0.669. The van der Waals surface area contributed by atoms with Gasteiger partial charge in [-0.1, -0.05) is 41.8 Å². The molecule has 4 heteroatoms. The number of carboxylic acid groups (broad SMARTS) is 1. The molecule has 0 saturated heterocycles. The molecular weight excluding hydrogens is 335 g/mol. The summed E-state index contributed by atoms with van der Waals surface area (Å²) >= 11 is 3.25. The van der Waals surface area contributed by atoms with Crippen molar-refractivity contribution in [3.63, 3.8) is 0 Å². The summed E-state index contributed by atoms with van der Waals surface area (Å²) < 4.78 is 14.7. The van der Waals surface area contributed by atoms with Gasteiger partial charge in [-0.3, -0.25) is 4.79 Å². The van der Waals surface area contributed by atoms with Crippen LogP contribution in [0.2, 0.25) is 0 Å². The molecule has 1 N–H and O–H groups in total. The lowest BCUT2D eigenvalue weighted by Crippen LogP contribution is -2.32. The summed E-state index contributed by atoms with van der Waals surface area (Å²) in [5, 5.41) is 9.42. The van der Waals surface area contributed by atoms with Crippen molar-refractivity contribution < 1.29 is 14.3 Å². The Bertz CT molecular complexity index is 504. The van der Waals surface area contributed by atoms with Crippen molar-refractivity contribution in [1.29, 1.82) is 0 Å². The monoisotopic (exact) mass is 356 g/mol. The van der Waals surface area contributed by atoms with Crippen LogP contribution < -0.4 is 0 Å². The number of aliphatic carboxylic acids is 1. The molecule has 1 fully saturated rings. The Labute approximate surface area is 133 Å². The fourth-order valence-electron chi connectivity index (χ4n) is 3.55. The highest BCUT2D eigenvalue weighted by Crippen LogP contribution is 2.38. The second kappa shape index (κ2) is 7.39. The van der Waals surface area contributed by atoms with Crippen LogP contribution in [0.25, 0.3) is 0 Å². The third-order valence-electron chi connectivity index (χ3n) is 4.60. The summed E-state index contributed by atoms with van der Waals surface area (Å²) in [6.07, 6.45) is 5.41. The van der Waals surface area contributed by atoms with Crippen LogP contribution in [0.1, 0.15) is 44.6 Å². The standard InChI is InChI=1S/C17H22BrFO2/c1-2-3-11-4-7-15(17(20)21)13(8-11)9-12-5-6-14(18)10-16(12)19/h5-6,10-11,13,15H,2-4,7-9H2,1H3,(H,20,21). The second-order valence-electron chi connectivity index (χ2n) is 6.11. The first kappa shape index (κ1) is 16.5. The number of carbonyl (C=O) groups is 1. The molecule has 0 aromatic heterocycles. The second-order valence-corrected chi connectivity index (χ2v) is 7.03. The van der Waals surface area contributed by atoms with Gasteiger partial charge in [-0.25, -0.2) is 4.39 Å². The lowest BCUT2D eigenvalue weighted by molar-refractivity contribution is -0.145. The molecule has 0 bridgehead atoms. The van der Waals surface area contributed by atoms with Crippen molar-refractivity contribution >= 4 is 21.9 Å². The predicted molar refractivity (Wildman–Crippen MR) is 84.7 cm³/mol. The largest absolute Gasteiger partial charge is 0.481 e. The molecular formula is C17H22BrFO2. The van der Waals surface area contributed by atoms with Crippen LogP contribution in [-0.2, 0) is 11.2 Å². The highest BCUT2D eigenvalue weighted by molar-refractivity contribution is 9.10. The van der Waals surface area contributed by atoms with Crippen molar-refractivity contribution in [2.24, 2.45) is 17.8 Å². The molecule has 21 heavy (non-hydrogen) atoms. The van der Waals surface area contributed by atoms with Crippen LogP contribution in [0.3, 0.4) is 0 Å². The Hall–Kier alpha value is -0.900. The van der Waals surface area contributed by atoms with Gasteiger partial charge in [0.1, 0.15) is 5.82 Å². The first-order valence-electron chi connectivity index (χ1n) is 7.68. The predicted octanol–water partition coefficient (Wildman–Crippen LogP) is 5.05. The van der Waals surface area contributed by atoms with E-state index in [2.05, 4.69) is 22.9 Å². The lowest BCUT2D eigenvalue weighted by Gasteiger charge is -2.34. The molecule has 3 atom stereocenters. The van der Waals surface area contributed by atoms with Crippen molar-refractivity contribution in [2.45, 2.75) is 45.4 Å². The Morgan fingerprint density at radius 3 is 2.81 bits per heavy atom. The summed E-state index contributed by atoms with van der Waals surface area (Å²) in [7, 11) is 0. The van der Waals surface area contributed by atoms with E-state index in [4.69, 9.17) is 0 Å². The van der Waals surface area contributed by atoms with Crippen LogP contribution in [0, 0.1) is 23.6 Å². The quantitative estimate of drug-likeness (QED) is 0.801. The highest BCUT2D eigenvalue weighted by Gasteiger charge is 2.35. The average molecular weight is 357 g/mol. The minimum atomic E-state index is -0.729. The van der Waals surface area contributed by atoms with E-state index in [1.54, 1.807) is 6.07 Å². The fourth-order valence-corrected chi connectivity index (χ4v) is 3.89. The van der Waals surface area contributed by atoms with Gasteiger partial charge in [0.15, 0.2) is 0 Å². The Morgan fingerprint density at radius 1 is 1.43 bits per heavy atom. The molecule has 2 nitrogen and oxygen atoms in total. The SMILES string of the molecule is CCCC1CCC(C(=O)O)C(Cc2ccc(Br)cc2F)C1. The van der Waals surface area contributed by atoms with Gasteiger partial charge in [-0.15, -0.1) is 0 Å². The molecule has 1 saturated carbocycles. The fraction of sp³-hybridized carbons (Fsp3) is 0.588. The summed E-state index contributed by atoms with van der Waals surface area (Å²) in [6.45, 7) is 2.16. The summed E-state index contributed by atoms with van der Waals surface area (Å²) in [6, 6.07) is 5.04. The molecule has 1 aromatic carbocycles. The van der Waals surface area contributed by atoms with Gasteiger partial charge in [0, 0.05) is 4.47 Å². The van der Waals surface area contributed by atoms with Crippen LogP contribution in [0.4, 0.5) is 4.39 Å². The van der Waals surface area contributed by atoms with E-state index in [0.717, 1.165) is 32.1 Å². The van der Waals surface area contributed by atoms with E-state index in [1.165, 1.54) is 6.07 Å². The van der Waals surface area contributed by atoms with Gasteiger partial charge < -0.3 is 5.11 Å². The van der Waals surface area contributed by atoms with E-state index < -0.39 is 5.97 Å². The van der Waals surface area contributed by atoms with E-state index >= 15 is 0 Å². The molecule has 0 aliphatic heterocycles. The Kier molecular flexibility index (Phi) is 5.80. The molecule has 1 aliphatic rings. The minimum absolute atomic E-state index is 0.0449. The maximum absolute atomic E-state index is 14.0. The smallest absolute Gasteiger partial charge is 0.306 e. The topological polar surface area (TPSA) is 37.3 Å². The molecule has 0 radical (unpaired) electrons. The van der Waals surface area contributed by atoms with Crippen molar-refractivity contribution in [2.75, 3.05) is 0 Å². The summed E-state index contributed by atoms with van der Waals surface area (Å²) in [5.41, 5.74) is 0.631. The number of hydrogen-bond acceptors (Lipinski definition) is 1. The average Bonchev–Trinajstić information content (AvgIpc) is 2.42. The third-order valence-corrected chi connectivity index (χ3v) is 5.10. The molecule has 1 aromatic rings. The van der Waals surface area contributed by atoms with E-state index in [0.29, 0.717) is 22.4 Å². The number of hydrogen-bond donors (Lipinski definition) is 1. The normalized spacial score (nSPS) is 25.8. The van der Waals surface area contributed by atoms with Crippen molar-refractivity contribution in [1.82, 2.24) is 0 Å². The van der Waals surface area contributed by atoms with Gasteiger partial charge in [0.05, 0.1) is 5.92 Å². The number of halogens is 2. The van der Waals surface area contributed by atoms with Gasteiger partial charge >= 0.3 is 5.97 Å². The van der Waals surface area contributed by atoms with E-state index in [-0.39, 0.29) is 17.7 Å². The van der Waals surface area contributed by atoms with Crippen molar-refractivity contribution in [3.8, 4) is 0 Å². The molecule has 3 unspecified atom stereocenters. The molecule has 0 amide bonds. The van der Waals surface area contributed by atoms with Crippen LogP contribution in [-0.4, -0.2) is 11.1 Å². The highest BCUT2D eigenvalue weighted by atomic mass is 79.9. The maximum atomic E-state index is 14.0. The molecule has 0 heterocycles. The first-order chi connectivity index (χ1) is 10.0. The zero-order chi connectivity index (χ0) is 15.4. The van der Waals surface area contributed by atoms with E-state index in [9.17, 15) is 14.3 Å². The van der Waals surface area contributed by atoms with Gasteiger partial charge in [-0.2, -0.15) is 0 Å². The lowest BCUT2D eigenvalue weighted by atomic mass is 9.70. The zero-order valence-electron chi connectivity index (χ0n) is 12.3. The van der Waals surface area contributed by atoms with Gasteiger partial charge in [-0.05, 0) is 55.2 Å². The van der Waals surface area contributed by atoms with Crippen LogP contribution in [0.5, 0.6) is 0 Å². The van der Waals surface area contributed by atoms with Gasteiger partial charge in [0.2, 0.25) is 0 Å². The Morgan fingerprint density at radius 2 is 2.19 bits per heavy atom. The molecule has 116 valence electrons.